The van der Waals surface area contributed by atoms with Crippen LogP contribution in [-0.4, -0.2) is 24.3 Å². The molecule has 1 aromatic rings. The maximum atomic E-state index is 11.1. The summed E-state index contributed by atoms with van der Waals surface area (Å²) in [5.74, 6) is -0.595. The number of carbonyl (C=O) groups is 2. The first-order chi connectivity index (χ1) is 6.19. The molecular weight excluding hydrogens is 170 g/mol. The highest BCUT2D eigenvalue weighted by Crippen LogP contribution is 2.06. The minimum absolute atomic E-state index is 0.0584. The Morgan fingerprint density at radius 2 is 2.31 bits per heavy atom. The summed E-state index contributed by atoms with van der Waals surface area (Å²) in [4.78, 5) is 25.4. The molecule has 0 radical (unpaired) electrons. The third kappa shape index (κ3) is 1.90. The number of methoxy groups -OCH3 is 1. The van der Waals surface area contributed by atoms with Crippen molar-refractivity contribution >= 4 is 12.3 Å². The van der Waals surface area contributed by atoms with Gasteiger partial charge in [0.05, 0.1) is 7.11 Å². The van der Waals surface area contributed by atoms with Gasteiger partial charge in [-0.1, -0.05) is 0 Å². The van der Waals surface area contributed by atoms with Gasteiger partial charge in [0.2, 0.25) is 0 Å². The number of pyridine rings is 1. The first-order valence-electron chi connectivity index (χ1n) is 3.69. The van der Waals surface area contributed by atoms with Crippen molar-refractivity contribution in [2.75, 3.05) is 7.11 Å². The number of ether oxygens (including phenoxy) is 1. The van der Waals surface area contributed by atoms with Crippen molar-refractivity contribution in [3.63, 3.8) is 0 Å². The zero-order valence-corrected chi connectivity index (χ0v) is 7.40. The zero-order chi connectivity index (χ0) is 9.84. The first-order valence-corrected chi connectivity index (χ1v) is 3.69. The molecule has 0 bridgehead atoms. The summed E-state index contributed by atoms with van der Waals surface area (Å²) in [6.45, 7) is 1.79. The quantitative estimate of drug-likeness (QED) is 0.501. The molecule has 4 heteroatoms. The average Bonchev–Trinajstić information content (AvgIpc) is 2.16. The largest absolute Gasteiger partial charge is 0.464 e. The number of nitrogens with zero attached hydrogens (tertiary/aromatic N) is 1. The fourth-order valence-electron chi connectivity index (χ4n) is 0.949. The molecule has 13 heavy (non-hydrogen) atoms. The van der Waals surface area contributed by atoms with E-state index in [1.807, 2.05) is 0 Å². The molecule has 4 nitrogen and oxygen atoms in total. The molecule has 68 valence electrons. The van der Waals surface area contributed by atoms with E-state index < -0.39 is 5.97 Å². The second kappa shape index (κ2) is 3.80. The van der Waals surface area contributed by atoms with Crippen molar-refractivity contribution in [2.24, 2.45) is 0 Å². The van der Waals surface area contributed by atoms with Gasteiger partial charge < -0.3 is 4.74 Å². The highest BCUT2D eigenvalue weighted by molar-refractivity contribution is 5.96. The molecule has 0 aliphatic rings. The highest BCUT2D eigenvalue weighted by Gasteiger charge is 2.12. The van der Waals surface area contributed by atoms with Crippen LogP contribution in [0.2, 0.25) is 0 Å². The Hall–Kier alpha value is -1.71. The predicted octanol–water partition coefficient (Wildman–Crippen LogP) is 0.989. The number of rotatable bonds is 2. The Labute approximate surface area is 75.5 Å². The van der Waals surface area contributed by atoms with E-state index in [0.29, 0.717) is 6.29 Å². The average molecular weight is 179 g/mol. The molecule has 0 fully saturated rings. The fourth-order valence-corrected chi connectivity index (χ4v) is 0.949. The van der Waals surface area contributed by atoms with Crippen LogP contribution in [0.4, 0.5) is 0 Å². The Morgan fingerprint density at radius 3 is 2.85 bits per heavy atom. The smallest absolute Gasteiger partial charge is 0.357 e. The number of esters is 1. The lowest BCUT2D eigenvalue weighted by molar-refractivity contribution is 0.0591. The van der Waals surface area contributed by atoms with Crippen molar-refractivity contribution in [2.45, 2.75) is 6.92 Å². The van der Waals surface area contributed by atoms with Crippen LogP contribution in [0.1, 0.15) is 26.4 Å². The summed E-state index contributed by atoms with van der Waals surface area (Å²) in [5.41, 5.74) is 1.14. The van der Waals surface area contributed by atoms with Gasteiger partial charge in [-0.15, -0.1) is 0 Å². The van der Waals surface area contributed by atoms with Crippen molar-refractivity contribution < 1.29 is 14.3 Å². The monoisotopic (exact) mass is 179 g/mol. The fraction of sp³-hybridized carbons (Fsp3) is 0.222. The van der Waals surface area contributed by atoms with Crippen molar-refractivity contribution in [1.82, 2.24) is 4.98 Å². The summed E-state index contributed by atoms with van der Waals surface area (Å²) in [6.07, 6.45) is 2.10. The Morgan fingerprint density at radius 1 is 1.62 bits per heavy atom. The van der Waals surface area contributed by atoms with E-state index in [4.69, 9.17) is 0 Å². The first kappa shape index (κ1) is 9.38. The lowest BCUT2D eigenvalue weighted by atomic mass is 10.1. The van der Waals surface area contributed by atoms with Crippen LogP contribution < -0.4 is 0 Å². The maximum Gasteiger partial charge on any atom is 0.357 e. The topological polar surface area (TPSA) is 56.3 Å². The van der Waals surface area contributed by atoms with Crippen LogP contribution in [0.3, 0.4) is 0 Å². The summed E-state index contributed by atoms with van der Waals surface area (Å²) in [5, 5.41) is 0. The molecular formula is C9H9NO3. The van der Waals surface area contributed by atoms with Gasteiger partial charge in [-0.05, 0) is 18.6 Å². The van der Waals surface area contributed by atoms with Crippen LogP contribution >= 0.6 is 0 Å². The molecule has 0 aromatic carbocycles. The number of hydrogen-bond donors (Lipinski definition) is 0. The molecule has 1 heterocycles. The number of aromatic nitrogens is 1. The van der Waals surface area contributed by atoms with E-state index in [1.165, 1.54) is 13.3 Å². The van der Waals surface area contributed by atoms with E-state index in [2.05, 4.69) is 9.72 Å². The molecule has 0 amide bonds. The summed E-state index contributed by atoms with van der Waals surface area (Å²) >= 11 is 0. The summed E-state index contributed by atoms with van der Waals surface area (Å²) < 4.78 is 4.46. The maximum absolute atomic E-state index is 11.1. The van der Waals surface area contributed by atoms with Gasteiger partial charge in [-0.25, -0.2) is 9.78 Å². The SMILES string of the molecule is COC(=O)c1ncc(C)cc1C=O. The second-order valence-electron chi connectivity index (χ2n) is 2.56. The van der Waals surface area contributed by atoms with E-state index in [9.17, 15) is 9.59 Å². The Balaban J connectivity index is 3.20. The van der Waals surface area contributed by atoms with Crippen LogP contribution in [0.15, 0.2) is 12.3 Å². The number of hydrogen-bond acceptors (Lipinski definition) is 4. The Kier molecular flexibility index (Phi) is 2.74. The van der Waals surface area contributed by atoms with Gasteiger partial charge in [0.15, 0.2) is 12.0 Å². The van der Waals surface area contributed by atoms with Gasteiger partial charge in [0.25, 0.3) is 0 Å². The van der Waals surface area contributed by atoms with Crippen molar-refractivity contribution in [3.05, 3.63) is 29.1 Å². The van der Waals surface area contributed by atoms with E-state index in [-0.39, 0.29) is 11.3 Å². The minimum atomic E-state index is -0.595. The van der Waals surface area contributed by atoms with E-state index in [1.54, 1.807) is 13.0 Å². The molecule has 0 spiro atoms. The van der Waals surface area contributed by atoms with Crippen LogP contribution in [0.5, 0.6) is 0 Å². The zero-order valence-electron chi connectivity index (χ0n) is 7.40. The lowest BCUT2D eigenvalue weighted by Gasteiger charge is -2.01. The van der Waals surface area contributed by atoms with Gasteiger partial charge in [0.1, 0.15) is 0 Å². The molecule has 1 rings (SSSR count). The van der Waals surface area contributed by atoms with Crippen LogP contribution in [-0.2, 0) is 4.74 Å². The van der Waals surface area contributed by atoms with Crippen molar-refractivity contribution in [3.8, 4) is 0 Å². The molecule has 0 aliphatic heterocycles. The molecule has 1 aromatic heterocycles. The third-order valence-corrected chi connectivity index (χ3v) is 1.56. The molecule has 0 atom stereocenters. The van der Waals surface area contributed by atoms with E-state index in [0.717, 1.165) is 5.56 Å². The normalized spacial score (nSPS) is 9.38. The van der Waals surface area contributed by atoms with Crippen LogP contribution in [0.25, 0.3) is 0 Å². The van der Waals surface area contributed by atoms with Gasteiger partial charge >= 0.3 is 5.97 Å². The summed E-state index contributed by atoms with van der Waals surface area (Å²) in [7, 11) is 1.25. The molecule has 0 saturated heterocycles. The lowest BCUT2D eigenvalue weighted by Crippen LogP contribution is -2.08. The molecule has 0 aliphatic carbocycles. The highest BCUT2D eigenvalue weighted by atomic mass is 16.5. The molecule has 0 saturated carbocycles. The molecule has 0 N–H and O–H groups in total. The second-order valence-corrected chi connectivity index (χ2v) is 2.56. The third-order valence-electron chi connectivity index (χ3n) is 1.56. The predicted molar refractivity (Wildman–Crippen MR) is 45.7 cm³/mol. The number of carbonyl (C=O) groups excluding carboxylic acids is 2. The van der Waals surface area contributed by atoms with E-state index >= 15 is 0 Å². The van der Waals surface area contributed by atoms with Crippen LogP contribution in [0, 0.1) is 6.92 Å². The van der Waals surface area contributed by atoms with Crippen molar-refractivity contribution in [1.29, 1.82) is 0 Å². The Bertz CT molecular complexity index is 347. The minimum Gasteiger partial charge on any atom is -0.464 e. The summed E-state index contributed by atoms with van der Waals surface area (Å²) in [6, 6.07) is 1.59. The molecule has 0 unspecified atom stereocenters. The number of aldehydes is 1. The van der Waals surface area contributed by atoms with Gasteiger partial charge in [-0.2, -0.15) is 0 Å². The number of aryl methyl sites for hydroxylation is 1. The van der Waals surface area contributed by atoms with Gasteiger partial charge in [-0.3, -0.25) is 4.79 Å². The van der Waals surface area contributed by atoms with Gasteiger partial charge in [0, 0.05) is 11.8 Å². The standard InChI is InChI=1S/C9H9NO3/c1-6-3-7(5-11)8(10-4-6)9(12)13-2/h3-5H,1-2H3.